The summed E-state index contributed by atoms with van der Waals surface area (Å²) in [7, 11) is 0. The summed E-state index contributed by atoms with van der Waals surface area (Å²) >= 11 is 1.46. The number of nitrogens with zero attached hydrogens (tertiary/aromatic N) is 1. The monoisotopic (exact) mass is 417 g/mol. The van der Waals surface area contributed by atoms with Crippen molar-refractivity contribution in [1.29, 1.82) is 0 Å². The van der Waals surface area contributed by atoms with Gasteiger partial charge in [-0.25, -0.2) is 4.98 Å². The normalized spacial score (nSPS) is 10.1. The van der Waals surface area contributed by atoms with Crippen LogP contribution in [0.4, 0.5) is 5.13 Å². The third-order valence-corrected chi connectivity index (χ3v) is 3.86. The Kier molecular flexibility index (Phi) is 8.68. The lowest BCUT2D eigenvalue weighted by Crippen LogP contribution is -3.00. The number of nitrogens with two attached hydrogens (primary N) is 1. The third kappa shape index (κ3) is 6.22. The van der Waals surface area contributed by atoms with E-state index in [1.165, 1.54) is 37.0 Å². The summed E-state index contributed by atoms with van der Waals surface area (Å²) in [6, 6.07) is 8.05. The van der Waals surface area contributed by atoms with Crippen molar-refractivity contribution < 1.29 is 28.7 Å². The second-order valence-corrected chi connectivity index (χ2v) is 5.75. The van der Waals surface area contributed by atoms with Gasteiger partial charge in [0.05, 0.1) is 12.3 Å². The van der Waals surface area contributed by atoms with Crippen molar-refractivity contribution in [3.63, 3.8) is 0 Å². The highest BCUT2D eigenvalue weighted by Crippen LogP contribution is 2.25. The first-order chi connectivity index (χ1) is 9.79. The molecule has 0 radical (unpaired) electrons. The molecule has 5 heteroatoms. The van der Waals surface area contributed by atoms with Crippen LogP contribution in [0.3, 0.4) is 0 Å². The van der Waals surface area contributed by atoms with Crippen LogP contribution in [0.5, 0.6) is 5.75 Å². The topological polar surface area (TPSA) is 48.1 Å². The zero-order valence-corrected chi connectivity index (χ0v) is 15.3. The van der Waals surface area contributed by atoms with E-state index in [0.29, 0.717) is 5.13 Å². The molecule has 0 saturated heterocycles. The van der Waals surface area contributed by atoms with Gasteiger partial charge in [0.2, 0.25) is 0 Å². The van der Waals surface area contributed by atoms with E-state index in [9.17, 15) is 0 Å². The van der Waals surface area contributed by atoms with Gasteiger partial charge in [0.25, 0.3) is 0 Å². The second-order valence-electron chi connectivity index (χ2n) is 4.86. The van der Waals surface area contributed by atoms with E-state index in [2.05, 4.69) is 11.9 Å². The van der Waals surface area contributed by atoms with E-state index in [1.807, 2.05) is 29.6 Å². The minimum atomic E-state index is 0. The first-order valence-corrected chi connectivity index (χ1v) is 8.12. The lowest BCUT2D eigenvalue weighted by Gasteiger charge is -2.06. The maximum Gasteiger partial charge on any atom is 0.180 e. The predicted molar refractivity (Wildman–Crippen MR) is 86.2 cm³/mol. The molecule has 2 N–H and O–H groups in total. The first kappa shape index (κ1) is 18.2. The van der Waals surface area contributed by atoms with Gasteiger partial charge in [0, 0.05) is 10.9 Å². The van der Waals surface area contributed by atoms with Crippen molar-refractivity contribution in [2.75, 3.05) is 12.3 Å². The summed E-state index contributed by atoms with van der Waals surface area (Å²) < 4.78 is 5.74. The van der Waals surface area contributed by atoms with Crippen LogP contribution in [-0.2, 0) is 0 Å². The van der Waals surface area contributed by atoms with Crippen molar-refractivity contribution in [3.05, 3.63) is 29.6 Å². The summed E-state index contributed by atoms with van der Waals surface area (Å²) in [6.07, 6.45) is 6.30. The average Bonchev–Trinajstić information content (AvgIpc) is 2.90. The number of nitrogen functional groups attached to an aromatic ring is 1. The maximum atomic E-state index is 5.74. The Morgan fingerprint density at radius 2 is 1.81 bits per heavy atom. The molecular weight excluding hydrogens is 395 g/mol. The summed E-state index contributed by atoms with van der Waals surface area (Å²) in [6.45, 7) is 3.03. The van der Waals surface area contributed by atoms with Crippen molar-refractivity contribution >= 4 is 16.5 Å². The summed E-state index contributed by atoms with van der Waals surface area (Å²) in [4.78, 5) is 4.27. The Hall–Kier alpha value is -0.820. The fourth-order valence-corrected chi connectivity index (χ4v) is 2.61. The lowest BCUT2D eigenvalue weighted by molar-refractivity contribution is -0.00000468. The predicted octanol–water partition coefficient (Wildman–Crippen LogP) is 1.75. The molecule has 0 aliphatic carbocycles. The van der Waals surface area contributed by atoms with Gasteiger partial charge in [-0.3, -0.25) is 0 Å². The Morgan fingerprint density at radius 3 is 2.43 bits per heavy atom. The van der Waals surface area contributed by atoms with E-state index in [0.717, 1.165) is 30.0 Å². The molecule has 21 heavy (non-hydrogen) atoms. The number of aromatic nitrogens is 1. The highest BCUT2D eigenvalue weighted by Gasteiger charge is 2.02. The van der Waals surface area contributed by atoms with Crippen LogP contribution in [0, 0.1) is 0 Å². The molecule has 0 aliphatic heterocycles. The molecule has 0 fully saturated rings. The van der Waals surface area contributed by atoms with Crippen molar-refractivity contribution in [3.8, 4) is 17.0 Å². The number of halogens is 1. The second kappa shape index (κ2) is 10.00. The number of rotatable bonds is 8. The van der Waals surface area contributed by atoms with Gasteiger partial charge in [0.15, 0.2) is 5.13 Å². The molecule has 2 rings (SSSR count). The number of unbranched alkanes of at least 4 members (excludes halogenated alkanes) is 4. The maximum absolute atomic E-state index is 5.74. The molecule has 3 nitrogen and oxygen atoms in total. The van der Waals surface area contributed by atoms with Gasteiger partial charge in [-0.05, 0) is 30.7 Å². The Bertz CT molecular complexity index is 513. The van der Waals surface area contributed by atoms with Crippen LogP contribution in [0.1, 0.15) is 39.0 Å². The number of hydrogen-bond acceptors (Lipinski definition) is 4. The third-order valence-electron chi connectivity index (χ3n) is 3.19. The Labute approximate surface area is 148 Å². The minimum absolute atomic E-state index is 0. The quantitative estimate of drug-likeness (QED) is 0.526. The fraction of sp³-hybridized carbons (Fsp3) is 0.438. The molecule has 116 valence electrons. The number of thiazole rings is 1. The van der Waals surface area contributed by atoms with Crippen LogP contribution in [0.25, 0.3) is 11.3 Å². The van der Waals surface area contributed by atoms with E-state index in [4.69, 9.17) is 10.5 Å². The van der Waals surface area contributed by atoms with E-state index < -0.39 is 0 Å². The lowest BCUT2D eigenvalue weighted by atomic mass is 10.1. The van der Waals surface area contributed by atoms with Gasteiger partial charge in [-0.2, -0.15) is 0 Å². The van der Waals surface area contributed by atoms with E-state index >= 15 is 0 Å². The van der Waals surface area contributed by atoms with Crippen LogP contribution in [0.15, 0.2) is 29.6 Å². The summed E-state index contributed by atoms with van der Waals surface area (Å²) in [5.41, 5.74) is 7.65. The van der Waals surface area contributed by atoms with Crippen molar-refractivity contribution in [1.82, 2.24) is 4.98 Å². The van der Waals surface area contributed by atoms with Crippen LogP contribution < -0.4 is 34.4 Å². The smallest absolute Gasteiger partial charge is 0.180 e. The Morgan fingerprint density at radius 1 is 1.10 bits per heavy atom. The van der Waals surface area contributed by atoms with Gasteiger partial charge >= 0.3 is 0 Å². The van der Waals surface area contributed by atoms with Gasteiger partial charge < -0.3 is 34.4 Å². The number of benzene rings is 1. The molecule has 0 spiro atoms. The molecule has 0 unspecified atom stereocenters. The number of hydrogen-bond donors (Lipinski definition) is 1. The molecule has 1 aromatic heterocycles. The van der Waals surface area contributed by atoms with Crippen LogP contribution >= 0.6 is 11.3 Å². The molecular formula is C16H22IN2OS-. The highest BCUT2D eigenvalue weighted by atomic mass is 127. The van der Waals surface area contributed by atoms with Crippen molar-refractivity contribution in [2.24, 2.45) is 0 Å². The van der Waals surface area contributed by atoms with Gasteiger partial charge in [0.1, 0.15) is 5.75 Å². The zero-order valence-electron chi connectivity index (χ0n) is 12.3. The molecule has 0 amide bonds. The minimum Gasteiger partial charge on any atom is -1.00 e. The van der Waals surface area contributed by atoms with Gasteiger partial charge in [-0.1, -0.05) is 32.6 Å². The number of anilines is 1. The fourth-order valence-electron chi connectivity index (χ4n) is 2.04. The molecule has 1 heterocycles. The zero-order chi connectivity index (χ0) is 14.2. The highest BCUT2D eigenvalue weighted by molar-refractivity contribution is 7.13. The molecule has 0 aliphatic rings. The molecule has 2 aromatic rings. The largest absolute Gasteiger partial charge is 1.00 e. The SMILES string of the molecule is CCCCCCCOc1ccc(-c2csc(N)n2)cc1.[I-]. The molecule has 0 saturated carbocycles. The van der Waals surface area contributed by atoms with Crippen molar-refractivity contribution in [2.45, 2.75) is 39.0 Å². The van der Waals surface area contributed by atoms with E-state index in [1.54, 1.807) is 0 Å². The van der Waals surface area contributed by atoms with Crippen LogP contribution in [-0.4, -0.2) is 11.6 Å². The number of ether oxygens (including phenoxy) is 1. The van der Waals surface area contributed by atoms with E-state index in [-0.39, 0.29) is 24.0 Å². The van der Waals surface area contributed by atoms with Gasteiger partial charge in [-0.15, -0.1) is 11.3 Å². The standard InChI is InChI=1S/C16H22N2OS.HI/c1-2-3-4-5-6-11-19-14-9-7-13(8-10-14)15-12-20-16(17)18-15;/h7-10,12H,2-6,11H2,1H3,(H2,17,18);1H/p-1. The summed E-state index contributed by atoms with van der Waals surface area (Å²) in [5.74, 6) is 0.924. The summed E-state index contributed by atoms with van der Waals surface area (Å²) in [5, 5.41) is 2.58. The van der Waals surface area contributed by atoms with Crippen LogP contribution in [0.2, 0.25) is 0 Å². The molecule has 0 bridgehead atoms. The Balaban J connectivity index is 0.00000220. The molecule has 1 aromatic carbocycles. The first-order valence-electron chi connectivity index (χ1n) is 7.24. The molecule has 0 atom stereocenters. The average molecular weight is 417 g/mol.